The van der Waals surface area contributed by atoms with Crippen LogP contribution in [-0.4, -0.2) is 29.0 Å². The number of aryl methyl sites for hydroxylation is 1. The number of hydrogen-bond acceptors (Lipinski definition) is 4. The van der Waals surface area contributed by atoms with Crippen molar-refractivity contribution >= 4 is 0 Å². The number of aromatic hydroxyl groups is 1. The fourth-order valence-corrected chi connectivity index (χ4v) is 3.21. The first kappa shape index (κ1) is 20.1. The van der Waals surface area contributed by atoms with Crippen LogP contribution in [0.15, 0.2) is 18.2 Å². The second-order valence-corrected chi connectivity index (χ2v) is 8.21. The SMILES string of the molecule is CC(C)CCCCOc1ccc(CCC(N)(CO)CC2CC2)cc1O. The van der Waals surface area contributed by atoms with Crippen molar-refractivity contribution < 1.29 is 14.9 Å². The highest BCUT2D eigenvalue weighted by atomic mass is 16.5. The molecule has 0 aromatic heterocycles. The Labute approximate surface area is 152 Å². The number of aliphatic hydroxyl groups is 1. The second-order valence-electron chi connectivity index (χ2n) is 8.21. The van der Waals surface area contributed by atoms with Crippen molar-refractivity contribution in [1.82, 2.24) is 0 Å². The molecule has 1 aromatic rings. The smallest absolute Gasteiger partial charge is 0.160 e. The van der Waals surface area contributed by atoms with Crippen LogP contribution in [0.25, 0.3) is 0 Å². The number of aliphatic hydroxyl groups excluding tert-OH is 1. The molecule has 0 spiro atoms. The lowest BCUT2D eigenvalue weighted by molar-refractivity contribution is 0.172. The summed E-state index contributed by atoms with van der Waals surface area (Å²) in [5.41, 5.74) is 6.87. The van der Waals surface area contributed by atoms with Gasteiger partial charge >= 0.3 is 0 Å². The molecule has 1 aliphatic carbocycles. The quantitative estimate of drug-likeness (QED) is 0.498. The molecule has 4 nitrogen and oxygen atoms in total. The lowest BCUT2D eigenvalue weighted by atomic mass is 9.88. The van der Waals surface area contributed by atoms with E-state index < -0.39 is 5.54 Å². The monoisotopic (exact) mass is 349 g/mol. The van der Waals surface area contributed by atoms with Crippen molar-refractivity contribution in [1.29, 1.82) is 0 Å². The summed E-state index contributed by atoms with van der Waals surface area (Å²) in [6, 6.07) is 5.58. The third-order valence-electron chi connectivity index (χ3n) is 5.08. The predicted molar refractivity (Wildman–Crippen MR) is 102 cm³/mol. The molecule has 25 heavy (non-hydrogen) atoms. The molecule has 4 heteroatoms. The van der Waals surface area contributed by atoms with Crippen LogP contribution in [0.5, 0.6) is 11.5 Å². The van der Waals surface area contributed by atoms with E-state index in [1.54, 1.807) is 6.07 Å². The molecule has 0 aliphatic heterocycles. The van der Waals surface area contributed by atoms with Gasteiger partial charge in [0.15, 0.2) is 11.5 Å². The minimum absolute atomic E-state index is 0.0209. The topological polar surface area (TPSA) is 75.7 Å². The van der Waals surface area contributed by atoms with E-state index in [9.17, 15) is 10.2 Å². The zero-order valence-electron chi connectivity index (χ0n) is 15.8. The van der Waals surface area contributed by atoms with Crippen molar-refractivity contribution in [2.24, 2.45) is 17.6 Å². The largest absolute Gasteiger partial charge is 0.504 e. The molecule has 0 heterocycles. The lowest BCUT2D eigenvalue weighted by Crippen LogP contribution is -2.44. The summed E-state index contributed by atoms with van der Waals surface area (Å²) in [6.45, 7) is 5.11. The van der Waals surface area contributed by atoms with Crippen LogP contribution >= 0.6 is 0 Å². The van der Waals surface area contributed by atoms with E-state index in [0.29, 0.717) is 18.3 Å². The van der Waals surface area contributed by atoms with Gasteiger partial charge in [0.1, 0.15) is 0 Å². The number of phenols is 1. The molecule has 2 rings (SSSR count). The molecule has 1 atom stereocenters. The molecule has 0 amide bonds. The van der Waals surface area contributed by atoms with Crippen LogP contribution in [0.4, 0.5) is 0 Å². The predicted octanol–water partition coefficient (Wildman–Crippen LogP) is 4.02. The standard InChI is InChI=1S/C21H35NO3/c1-16(2)5-3-4-12-25-20-9-8-17(13-19(20)24)10-11-21(22,15-23)14-18-6-7-18/h8-9,13,16,18,23-24H,3-7,10-12,14-15,22H2,1-2H3. The molecule has 1 unspecified atom stereocenters. The molecule has 1 fully saturated rings. The average molecular weight is 350 g/mol. The van der Waals surface area contributed by atoms with Gasteiger partial charge in [0.05, 0.1) is 13.2 Å². The number of nitrogens with two attached hydrogens (primary N) is 1. The maximum atomic E-state index is 10.2. The van der Waals surface area contributed by atoms with Gasteiger partial charge in [0.2, 0.25) is 0 Å². The van der Waals surface area contributed by atoms with Crippen LogP contribution in [0.2, 0.25) is 0 Å². The third-order valence-corrected chi connectivity index (χ3v) is 5.08. The Morgan fingerprint density at radius 1 is 1.28 bits per heavy atom. The Morgan fingerprint density at radius 3 is 2.64 bits per heavy atom. The molecule has 1 saturated carbocycles. The number of hydrogen-bond donors (Lipinski definition) is 3. The summed E-state index contributed by atoms with van der Waals surface area (Å²) < 4.78 is 5.69. The zero-order chi connectivity index (χ0) is 18.3. The second kappa shape index (κ2) is 9.44. The van der Waals surface area contributed by atoms with Crippen molar-refractivity contribution in [3.8, 4) is 11.5 Å². The Morgan fingerprint density at radius 2 is 2.04 bits per heavy atom. The highest BCUT2D eigenvalue weighted by Gasteiger charge is 2.33. The summed E-state index contributed by atoms with van der Waals surface area (Å²) in [4.78, 5) is 0. The fourth-order valence-electron chi connectivity index (χ4n) is 3.21. The summed E-state index contributed by atoms with van der Waals surface area (Å²) in [5.74, 6) is 2.15. The van der Waals surface area contributed by atoms with E-state index >= 15 is 0 Å². The number of benzene rings is 1. The summed E-state index contributed by atoms with van der Waals surface area (Å²) in [5, 5.41) is 19.8. The number of ether oxygens (including phenoxy) is 1. The van der Waals surface area contributed by atoms with Gasteiger partial charge in [-0.05, 0) is 61.6 Å². The Hall–Kier alpha value is -1.26. The Bertz CT molecular complexity index is 528. The van der Waals surface area contributed by atoms with E-state index in [1.807, 2.05) is 12.1 Å². The summed E-state index contributed by atoms with van der Waals surface area (Å²) in [7, 11) is 0. The number of rotatable bonds is 12. The molecule has 0 radical (unpaired) electrons. The van der Waals surface area contributed by atoms with Crippen molar-refractivity contribution in [3.63, 3.8) is 0 Å². The van der Waals surface area contributed by atoms with E-state index in [-0.39, 0.29) is 12.4 Å². The van der Waals surface area contributed by atoms with Gasteiger partial charge in [-0.1, -0.05) is 39.2 Å². The molecule has 4 N–H and O–H groups in total. The average Bonchev–Trinajstić information content (AvgIpc) is 3.38. The summed E-state index contributed by atoms with van der Waals surface area (Å²) >= 11 is 0. The van der Waals surface area contributed by atoms with Crippen LogP contribution in [-0.2, 0) is 6.42 Å². The maximum absolute atomic E-state index is 10.2. The van der Waals surface area contributed by atoms with Crippen LogP contribution < -0.4 is 10.5 Å². The van der Waals surface area contributed by atoms with Crippen LogP contribution in [0.1, 0.15) is 64.4 Å². The van der Waals surface area contributed by atoms with Gasteiger partial charge in [0, 0.05) is 5.54 Å². The molecule has 1 aromatic carbocycles. The minimum atomic E-state index is -0.498. The third kappa shape index (κ3) is 7.25. The first-order valence-corrected chi connectivity index (χ1v) is 9.76. The lowest BCUT2D eigenvalue weighted by Gasteiger charge is -2.27. The van der Waals surface area contributed by atoms with Gasteiger partial charge in [-0.25, -0.2) is 0 Å². The van der Waals surface area contributed by atoms with E-state index in [2.05, 4.69) is 13.8 Å². The molecule has 142 valence electrons. The van der Waals surface area contributed by atoms with Crippen molar-refractivity contribution in [2.45, 2.75) is 70.8 Å². The Balaban J connectivity index is 1.78. The van der Waals surface area contributed by atoms with Crippen molar-refractivity contribution in [2.75, 3.05) is 13.2 Å². The van der Waals surface area contributed by atoms with Gasteiger partial charge in [-0.15, -0.1) is 0 Å². The number of phenolic OH excluding ortho intramolecular Hbond substituents is 1. The van der Waals surface area contributed by atoms with Gasteiger partial charge in [-0.3, -0.25) is 0 Å². The van der Waals surface area contributed by atoms with Gasteiger partial charge in [0.25, 0.3) is 0 Å². The van der Waals surface area contributed by atoms with Crippen LogP contribution in [0.3, 0.4) is 0 Å². The van der Waals surface area contributed by atoms with E-state index in [0.717, 1.165) is 43.6 Å². The highest BCUT2D eigenvalue weighted by molar-refractivity contribution is 5.41. The molecular formula is C21H35NO3. The van der Waals surface area contributed by atoms with Crippen LogP contribution in [0, 0.1) is 11.8 Å². The zero-order valence-corrected chi connectivity index (χ0v) is 15.8. The first-order valence-electron chi connectivity index (χ1n) is 9.76. The maximum Gasteiger partial charge on any atom is 0.160 e. The molecular weight excluding hydrogens is 314 g/mol. The van der Waals surface area contributed by atoms with E-state index in [4.69, 9.17) is 10.5 Å². The highest BCUT2D eigenvalue weighted by Crippen LogP contribution is 2.37. The summed E-state index contributed by atoms with van der Waals surface area (Å²) in [6.07, 6.45) is 8.23. The molecule has 0 bridgehead atoms. The van der Waals surface area contributed by atoms with Gasteiger partial charge < -0.3 is 20.7 Å². The van der Waals surface area contributed by atoms with Gasteiger partial charge in [-0.2, -0.15) is 0 Å². The first-order chi connectivity index (χ1) is 11.9. The normalized spacial score (nSPS) is 16.8. The molecule has 1 aliphatic rings. The van der Waals surface area contributed by atoms with Crippen molar-refractivity contribution in [3.05, 3.63) is 23.8 Å². The number of unbranched alkanes of at least 4 members (excludes halogenated alkanes) is 1. The minimum Gasteiger partial charge on any atom is -0.504 e. The van der Waals surface area contributed by atoms with E-state index in [1.165, 1.54) is 19.3 Å². The Kier molecular flexibility index (Phi) is 7.57. The molecule has 0 saturated heterocycles. The fraction of sp³-hybridized carbons (Fsp3) is 0.714.